The van der Waals surface area contributed by atoms with E-state index in [4.69, 9.17) is 21.1 Å². The van der Waals surface area contributed by atoms with E-state index >= 15 is 0 Å². The highest BCUT2D eigenvalue weighted by Crippen LogP contribution is 2.21. The molecule has 154 valence electrons. The van der Waals surface area contributed by atoms with E-state index in [2.05, 4.69) is 10.4 Å². The molecule has 1 aliphatic rings. The van der Waals surface area contributed by atoms with E-state index in [0.717, 1.165) is 36.4 Å². The van der Waals surface area contributed by atoms with Gasteiger partial charge in [-0.15, -0.1) is 0 Å². The Morgan fingerprint density at radius 3 is 2.69 bits per heavy atom. The van der Waals surface area contributed by atoms with Crippen LogP contribution in [0.5, 0.6) is 5.75 Å². The molecular weight excluding hydrogens is 398 g/mol. The van der Waals surface area contributed by atoms with Crippen LogP contribution < -0.4 is 15.6 Å². The minimum absolute atomic E-state index is 0.113. The molecule has 1 aromatic carbocycles. The number of esters is 1. The highest BCUT2D eigenvalue weighted by atomic mass is 35.5. The van der Waals surface area contributed by atoms with Crippen molar-refractivity contribution in [1.82, 2.24) is 15.1 Å². The number of carbonyl (C=O) groups is 2. The molecule has 1 aliphatic carbocycles. The molecule has 0 spiro atoms. The Morgan fingerprint density at radius 1 is 1.28 bits per heavy atom. The van der Waals surface area contributed by atoms with Gasteiger partial charge in [0.2, 0.25) is 5.69 Å². The van der Waals surface area contributed by atoms with Crippen LogP contribution in [-0.4, -0.2) is 40.9 Å². The van der Waals surface area contributed by atoms with Crippen LogP contribution >= 0.6 is 11.6 Å². The number of amides is 1. The van der Waals surface area contributed by atoms with Crippen LogP contribution in [0.25, 0.3) is 5.69 Å². The van der Waals surface area contributed by atoms with Crippen molar-refractivity contribution < 1.29 is 19.1 Å². The van der Waals surface area contributed by atoms with Crippen molar-refractivity contribution in [1.29, 1.82) is 0 Å². The van der Waals surface area contributed by atoms with Crippen molar-refractivity contribution in [2.45, 2.75) is 38.6 Å². The first-order valence-corrected chi connectivity index (χ1v) is 9.86. The van der Waals surface area contributed by atoms with E-state index in [-0.39, 0.29) is 36.6 Å². The summed E-state index contributed by atoms with van der Waals surface area (Å²) < 4.78 is 11.5. The van der Waals surface area contributed by atoms with Crippen LogP contribution in [0.15, 0.2) is 35.1 Å². The van der Waals surface area contributed by atoms with Gasteiger partial charge in [-0.05, 0) is 31.9 Å². The van der Waals surface area contributed by atoms with Gasteiger partial charge >= 0.3 is 5.97 Å². The molecule has 8 nitrogen and oxygen atoms in total. The maximum Gasteiger partial charge on any atom is 0.362 e. The molecule has 1 aromatic heterocycles. The number of ether oxygens (including phenoxy) is 2. The number of nitrogens with one attached hydrogen (secondary N) is 1. The third-order valence-electron chi connectivity index (χ3n) is 4.53. The highest BCUT2D eigenvalue weighted by Gasteiger charge is 2.22. The maximum atomic E-state index is 12.6. The van der Waals surface area contributed by atoms with Gasteiger partial charge in [0.25, 0.3) is 11.5 Å². The Balaban J connectivity index is 1.86. The SMILES string of the molecule is CCOC(=O)c1nn(-c2ccccc2Cl)c(=O)cc1OCC(=O)NC1CCCC1. The van der Waals surface area contributed by atoms with Gasteiger partial charge in [0.15, 0.2) is 12.4 Å². The summed E-state index contributed by atoms with van der Waals surface area (Å²) in [4.78, 5) is 37.0. The number of halogens is 1. The molecular formula is C20H22ClN3O5. The van der Waals surface area contributed by atoms with E-state index in [1.54, 1.807) is 31.2 Å². The van der Waals surface area contributed by atoms with Gasteiger partial charge in [-0.1, -0.05) is 36.6 Å². The lowest BCUT2D eigenvalue weighted by molar-refractivity contribution is -0.123. The molecule has 1 saturated carbocycles. The van der Waals surface area contributed by atoms with E-state index in [1.807, 2.05) is 0 Å². The van der Waals surface area contributed by atoms with Crippen LogP contribution in [-0.2, 0) is 9.53 Å². The van der Waals surface area contributed by atoms with Crippen LogP contribution in [0.4, 0.5) is 0 Å². The zero-order valence-electron chi connectivity index (χ0n) is 16.0. The highest BCUT2D eigenvalue weighted by molar-refractivity contribution is 6.32. The van der Waals surface area contributed by atoms with Crippen LogP contribution in [0.2, 0.25) is 5.02 Å². The first-order valence-electron chi connectivity index (χ1n) is 9.48. The Hall–Kier alpha value is -2.87. The van der Waals surface area contributed by atoms with E-state index in [9.17, 15) is 14.4 Å². The topological polar surface area (TPSA) is 99.5 Å². The molecule has 0 unspecified atom stereocenters. The normalized spacial score (nSPS) is 13.9. The fourth-order valence-corrected chi connectivity index (χ4v) is 3.39. The number of carbonyl (C=O) groups excluding carboxylic acids is 2. The largest absolute Gasteiger partial charge is 0.481 e. The molecule has 1 N–H and O–H groups in total. The molecule has 9 heteroatoms. The maximum absolute atomic E-state index is 12.6. The van der Waals surface area contributed by atoms with Gasteiger partial charge in [0.05, 0.1) is 23.4 Å². The van der Waals surface area contributed by atoms with Crippen LogP contribution in [0.1, 0.15) is 43.1 Å². The lowest BCUT2D eigenvalue weighted by atomic mass is 10.2. The molecule has 0 bridgehead atoms. The van der Waals surface area contributed by atoms with Crippen LogP contribution in [0, 0.1) is 0 Å². The second-order valence-electron chi connectivity index (χ2n) is 6.62. The van der Waals surface area contributed by atoms with Gasteiger partial charge < -0.3 is 14.8 Å². The summed E-state index contributed by atoms with van der Waals surface area (Å²) in [7, 11) is 0. The van der Waals surface area contributed by atoms with Crippen molar-refractivity contribution >= 4 is 23.5 Å². The smallest absolute Gasteiger partial charge is 0.362 e. The van der Waals surface area contributed by atoms with Crippen molar-refractivity contribution in [3.63, 3.8) is 0 Å². The monoisotopic (exact) mass is 419 g/mol. The molecule has 0 radical (unpaired) electrons. The molecule has 1 fully saturated rings. The quantitative estimate of drug-likeness (QED) is 0.692. The number of benzene rings is 1. The fourth-order valence-electron chi connectivity index (χ4n) is 3.17. The molecule has 0 aliphatic heterocycles. The predicted octanol–water partition coefficient (Wildman–Crippen LogP) is 2.50. The minimum atomic E-state index is -0.764. The van der Waals surface area contributed by atoms with Gasteiger partial charge in [0, 0.05) is 6.04 Å². The Kier molecular flexibility index (Phi) is 6.87. The second kappa shape index (κ2) is 9.56. The number of para-hydroxylation sites is 1. The molecule has 1 heterocycles. The average Bonchev–Trinajstić information content (AvgIpc) is 3.20. The molecule has 0 atom stereocenters. The predicted molar refractivity (Wildman–Crippen MR) is 107 cm³/mol. The lowest BCUT2D eigenvalue weighted by Gasteiger charge is -2.15. The van der Waals surface area contributed by atoms with Crippen molar-refractivity contribution in [2.75, 3.05) is 13.2 Å². The summed E-state index contributed by atoms with van der Waals surface area (Å²) in [5.74, 6) is -1.19. The zero-order valence-corrected chi connectivity index (χ0v) is 16.8. The van der Waals surface area contributed by atoms with E-state index < -0.39 is 11.5 Å². The molecule has 0 saturated heterocycles. The van der Waals surface area contributed by atoms with Crippen molar-refractivity contribution in [3.05, 3.63) is 51.4 Å². The van der Waals surface area contributed by atoms with Gasteiger partial charge in [-0.2, -0.15) is 9.78 Å². The molecule has 1 amide bonds. The molecule has 3 rings (SSSR count). The Labute approximate surface area is 172 Å². The van der Waals surface area contributed by atoms with Crippen molar-refractivity contribution in [3.8, 4) is 11.4 Å². The number of rotatable bonds is 7. The number of hydrogen-bond acceptors (Lipinski definition) is 6. The van der Waals surface area contributed by atoms with Gasteiger partial charge in [-0.3, -0.25) is 9.59 Å². The fraction of sp³-hybridized carbons (Fsp3) is 0.400. The van der Waals surface area contributed by atoms with E-state index in [1.165, 1.54) is 0 Å². The van der Waals surface area contributed by atoms with Gasteiger partial charge in [-0.25, -0.2) is 4.79 Å². The summed E-state index contributed by atoms with van der Waals surface area (Å²) >= 11 is 6.15. The van der Waals surface area contributed by atoms with Crippen LogP contribution in [0.3, 0.4) is 0 Å². The summed E-state index contributed by atoms with van der Waals surface area (Å²) in [6.45, 7) is 1.44. The van der Waals surface area contributed by atoms with E-state index in [0.29, 0.717) is 10.7 Å². The number of aromatic nitrogens is 2. The summed E-state index contributed by atoms with van der Waals surface area (Å²) in [6.07, 6.45) is 4.05. The Morgan fingerprint density at radius 2 is 2.00 bits per heavy atom. The first kappa shape index (κ1) is 20.9. The summed E-state index contributed by atoms with van der Waals surface area (Å²) in [6, 6.07) is 7.85. The summed E-state index contributed by atoms with van der Waals surface area (Å²) in [5, 5.41) is 7.27. The second-order valence-corrected chi connectivity index (χ2v) is 7.02. The molecule has 29 heavy (non-hydrogen) atoms. The Bertz CT molecular complexity index is 953. The minimum Gasteiger partial charge on any atom is -0.481 e. The summed E-state index contributed by atoms with van der Waals surface area (Å²) in [5.41, 5.74) is -0.451. The third kappa shape index (κ3) is 5.14. The zero-order chi connectivity index (χ0) is 20.8. The lowest BCUT2D eigenvalue weighted by Crippen LogP contribution is -2.36. The average molecular weight is 420 g/mol. The first-order chi connectivity index (χ1) is 14.0. The van der Waals surface area contributed by atoms with Crippen molar-refractivity contribution in [2.24, 2.45) is 0 Å². The molecule has 2 aromatic rings. The van der Waals surface area contributed by atoms with Gasteiger partial charge in [0.1, 0.15) is 0 Å². The standard InChI is InChI=1S/C20H22ClN3O5/c1-2-28-20(27)19-16(29-12-17(25)22-13-7-3-4-8-13)11-18(26)24(23-19)15-10-6-5-9-14(15)21/h5-6,9-11,13H,2-4,7-8,12H2,1H3,(H,22,25). The number of hydrogen-bond donors (Lipinski definition) is 1. The third-order valence-corrected chi connectivity index (χ3v) is 4.84. The number of nitrogens with zero attached hydrogens (tertiary/aromatic N) is 2.